The van der Waals surface area contributed by atoms with Crippen molar-refractivity contribution in [1.29, 1.82) is 0 Å². The number of Topliss-reactive ketones (excluding diaryl/α,β-unsaturated/α-hetero) is 1. The lowest BCUT2D eigenvalue weighted by molar-refractivity contribution is 0.102. The number of hydrogen-bond donors (Lipinski definition) is 0. The predicted octanol–water partition coefficient (Wildman–Crippen LogP) is 5.08. The second-order valence-electron chi connectivity index (χ2n) is 5.22. The highest BCUT2D eigenvalue weighted by Crippen LogP contribution is 2.23. The maximum absolute atomic E-state index is 12.3. The van der Waals surface area contributed by atoms with Crippen molar-refractivity contribution in [3.63, 3.8) is 0 Å². The van der Waals surface area contributed by atoms with Gasteiger partial charge < -0.3 is 0 Å². The van der Waals surface area contributed by atoms with Gasteiger partial charge in [0.15, 0.2) is 5.78 Å². The van der Waals surface area contributed by atoms with Crippen LogP contribution in [0.15, 0.2) is 65.7 Å². The van der Waals surface area contributed by atoms with Gasteiger partial charge in [0, 0.05) is 16.1 Å². The molecule has 2 aromatic carbocycles. The molecule has 3 rings (SSSR count). The third kappa shape index (κ3) is 4.22. The molecule has 0 spiro atoms. The third-order valence-electron chi connectivity index (χ3n) is 3.40. The lowest BCUT2D eigenvalue weighted by Gasteiger charge is -2.06. The molecule has 0 N–H and O–H groups in total. The third-order valence-corrected chi connectivity index (χ3v) is 4.56. The lowest BCUT2D eigenvalue weighted by atomic mass is 10.1. The van der Waals surface area contributed by atoms with Gasteiger partial charge in [0.05, 0.1) is 11.4 Å². The van der Waals surface area contributed by atoms with Crippen molar-refractivity contribution in [2.45, 2.75) is 11.9 Å². The Morgan fingerprint density at radius 1 is 1.04 bits per heavy atom. The number of carbonyl (C=O) groups excluding carboxylic acids is 1. The molecular weight excluding hydrogens is 340 g/mol. The minimum absolute atomic E-state index is 0.0502. The molecule has 1 heterocycles. The number of aromatic nitrogens is 2. The molecule has 0 aliphatic carbocycles. The van der Waals surface area contributed by atoms with Crippen molar-refractivity contribution >= 4 is 29.1 Å². The summed E-state index contributed by atoms with van der Waals surface area (Å²) in [4.78, 5) is 21.2. The molecule has 0 fully saturated rings. The highest BCUT2D eigenvalue weighted by atomic mass is 35.5. The van der Waals surface area contributed by atoms with Gasteiger partial charge in [0.2, 0.25) is 0 Å². The number of benzene rings is 2. The monoisotopic (exact) mass is 354 g/mol. The second-order valence-corrected chi connectivity index (χ2v) is 6.66. The summed E-state index contributed by atoms with van der Waals surface area (Å²) < 4.78 is 0. The Hall–Kier alpha value is -2.17. The molecule has 5 heteroatoms. The van der Waals surface area contributed by atoms with Crippen molar-refractivity contribution < 1.29 is 4.79 Å². The highest BCUT2D eigenvalue weighted by molar-refractivity contribution is 7.99. The molecule has 120 valence electrons. The molecule has 0 saturated carbocycles. The number of carbonyl (C=O) groups is 1. The Morgan fingerprint density at radius 3 is 2.46 bits per heavy atom. The molecule has 0 amide bonds. The molecule has 0 aliphatic heterocycles. The van der Waals surface area contributed by atoms with Crippen LogP contribution in [-0.2, 0) is 0 Å². The first-order valence-corrected chi connectivity index (χ1v) is 8.81. The summed E-state index contributed by atoms with van der Waals surface area (Å²) in [6, 6.07) is 18.8. The van der Waals surface area contributed by atoms with Gasteiger partial charge in [-0.25, -0.2) is 9.97 Å². The number of halogens is 1. The van der Waals surface area contributed by atoms with Crippen molar-refractivity contribution in [2.24, 2.45) is 0 Å². The maximum atomic E-state index is 12.3. The van der Waals surface area contributed by atoms with Crippen LogP contribution in [0.5, 0.6) is 0 Å². The zero-order valence-corrected chi connectivity index (χ0v) is 14.6. The minimum atomic E-state index is 0.0502. The lowest BCUT2D eigenvalue weighted by Crippen LogP contribution is -2.03. The minimum Gasteiger partial charge on any atom is -0.293 e. The van der Waals surface area contributed by atoms with E-state index in [4.69, 9.17) is 11.6 Å². The normalized spacial score (nSPS) is 10.6. The first kappa shape index (κ1) is 16.7. The molecule has 24 heavy (non-hydrogen) atoms. The molecule has 3 aromatic rings. The fourth-order valence-corrected chi connectivity index (χ4v) is 3.19. The van der Waals surface area contributed by atoms with E-state index in [0.717, 1.165) is 16.3 Å². The average molecular weight is 355 g/mol. The number of ketones is 1. The first-order chi connectivity index (χ1) is 11.6. The van der Waals surface area contributed by atoms with Crippen molar-refractivity contribution in [3.05, 3.63) is 77.1 Å². The Labute approximate surface area is 150 Å². The first-order valence-electron chi connectivity index (χ1n) is 7.44. The molecule has 0 radical (unpaired) electrons. The summed E-state index contributed by atoms with van der Waals surface area (Å²) in [6.45, 7) is 1.86. The van der Waals surface area contributed by atoms with Gasteiger partial charge in [0.25, 0.3) is 0 Å². The molecule has 0 saturated heterocycles. The van der Waals surface area contributed by atoms with E-state index in [9.17, 15) is 4.79 Å². The van der Waals surface area contributed by atoms with Gasteiger partial charge in [0.1, 0.15) is 10.9 Å². The average Bonchev–Trinajstić information content (AvgIpc) is 2.60. The van der Waals surface area contributed by atoms with Gasteiger partial charge in [-0.2, -0.15) is 0 Å². The van der Waals surface area contributed by atoms with Gasteiger partial charge in [-0.15, -0.1) is 0 Å². The number of hydrogen-bond acceptors (Lipinski definition) is 4. The number of nitrogens with zero attached hydrogens (tertiary/aromatic N) is 2. The van der Waals surface area contributed by atoms with E-state index < -0.39 is 0 Å². The molecule has 3 nitrogen and oxygen atoms in total. The van der Waals surface area contributed by atoms with E-state index in [-0.39, 0.29) is 5.78 Å². The van der Waals surface area contributed by atoms with Crippen LogP contribution in [0.25, 0.3) is 11.3 Å². The van der Waals surface area contributed by atoms with Gasteiger partial charge in [-0.05, 0) is 37.3 Å². The number of aryl methyl sites for hydroxylation is 1. The summed E-state index contributed by atoms with van der Waals surface area (Å²) in [6.07, 6.45) is 0. The van der Waals surface area contributed by atoms with Gasteiger partial charge >= 0.3 is 0 Å². The summed E-state index contributed by atoms with van der Waals surface area (Å²) in [7, 11) is 0. The van der Waals surface area contributed by atoms with Gasteiger partial charge in [-0.1, -0.05) is 53.7 Å². The molecule has 1 aromatic heterocycles. The highest BCUT2D eigenvalue weighted by Gasteiger charge is 2.09. The van der Waals surface area contributed by atoms with Crippen LogP contribution in [0.3, 0.4) is 0 Å². The van der Waals surface area contributed by atoms with Crippen molar-refractivity contribution in [3.8, 4) is 11.3 Å². The largest absolute Gasteiger partial charge is 0.293 e. The van der Waals surface area contributed by atoms with Crippen molar-refractivity contribution in [2.75, 3.05) is 5.75 Å². The Bertz CT molecular complexity index is 851. The SMILES string of the molecule is Cc1nc(SCC(=O)c2ccc(Cl)cc2)cc(-c2ccccc2)n1. The summed E-state index contributed by atoms with van der Waals surface area (Å²) in [5.41, 5.74) is 2.55. The van der Waals surface area contributed by atoms with Crippen LogP contribution in [-0.4, -0.2) is 21.5 Å². The van der Waals surface area contributed by atoms with E-state index in [2.05, 4.69) is 9.97 Å². The van der Waals surface area contributed by atoms with Crippen LogP contribution in [0.1, 0.15) is 16.2 Å². The van der Waals surface area contributed by atoms with Crippen LogP contribution < -0.4 is 0 Å². The van der Waals surface area contributed by atoms with Crippen LogP contribution in [0.2, 0.25) is 5.02 Å². The predicted molar refractivity (Wildman–Crippen MR) is 98.7 cm³/mol. The fraction of sp³-hybridized carbons (Fsp3) is 0.105. The number of rotatable bonds is 5. The smallest absolute Gasteiger partial charge is 0.173 e. The topological polar surface area (TPSA) is 42.9 Å². The van der Waals surface area contributed by atoms with Crippen LogP contribution in [0.4, 0.5) is 0 Å². The second kappa shape index (κ2) is 7.60. The summed E-state index contributed by atoms with van der Waals surface area (Å²) in [5, 5.41) is 1.42. The van der Waals surface area contributed by atoms with Crippen LogP contribution >= 0.6 is 23.4 Å². The van der Waals surface area contributed by atoms with E-state index in [0.29, 0.717) is 22.2 Å². The van der Waals surface area contributed by atoms with Crippen LogP contribution in [0, 0.1) is 6.92 Å². The quantitative estimate of drug-likeness (QED) is 0.364. The van der Waals surface area contributed by atoms with Gasteiger partial charge in [-0.3, -0.25) is 4.79 Å². The Morgan fingerprint density at radius 2 is 1.75 bits per heavy atom. The summed E-state index contributed by atoms with van der Waals surface area (Å²) >= 11 is 7.27. The van der Waals surface area contributed by atoms with E-state index >= 15 is 0 Å². The molecular formula is C19H15ClN2OS. The number of thioether (sulfide) groups is 1. The molecule has 0 aliphatic rings. The van der Waals surface area contributed by atoms with E-state index in [1.807, 2.05) is 43.3 Å². The Kier molecular flexibility index (Phi) is 5.28. The summed E-state index contributed by atoms with van der Waals surface area (Å²) in [5.74, 6) is 1.07. The van der Waals surface area contributed by atoms with Crippen molar-refractivity contribution in [1.82, 2.24) is 9.97 Å². The standard InChI is InChI=1S/C19H15ClN2OS/c1-13-21-17(14-5-3-2-4-6-14)11-19(22-13)24-12-18(23)15-7-9-16(20)10-8-15/h2-11H,12H2,1H3. The molecule has 0 unspecified atom stereocenters. The van der Waals surface area contributed by atoms with E-state index in [1.165, 1.54) is 11.8 Å². The zero-order chi connectivity index (χ0) is 16.9. The Balaban J connectivity index is 1.74. The molecule has 0 bridgehead atoms. The zero-order valence-electron chi connectivity index (χ0n) is 13.1. The van der Waals surface area contributed by atoms with E-state index in [1.54, 1.807) is 24.3 Å². The molecule has 0 atom stereocenters. The maximum Gasteiger partial charge on any atom is 0.173 e. The fourth-order valence-electron chi connectivity index (χ4n) is 2.23.